The third kappa shape index (κ3) is 2.16. The maximum Gasteiger partial charge on any atom is 0.0789 e. The average molecular weight is 176 g/mol. The Morgan fingerprint density at radius 2 is 1.42 bits per heavy atom. The van der Waals surface area contributed by atoms with Crippen LogP contribution < -0.4 is 0 Å². The SMILES string of the molecule is C#CC[Si]1(CC#C)CCCCC1. The van der Waals surface area contributed by atoms with E-state index in [1.807, 2.05) is 0 Å². The van der Waals surface area contributed by atoms with Crippen molar-refractivity contribution in [3.05, 3.63) is 0 Å². The van der Waals surface area contributed by atoms with E-state index in [9.17, 15) is 0 Å². The van der Waals surface area contributed by atoms with Crippen LogP contribution in [0.25, 0.3) is 0 Å². The minimum Gasteiger partial charge on any atom is -0.120 e. The Morgan fingerprint density at radius 3 is 1.83 bits per heavy atom. The van der Waals surface area contributed by atoms with Gasteiger partial charge in [-0.05, 0) is 0 Å². The summed E-state index contributed by atoms with van der Waals surface area (Å²) in [5.41, 5.74) is 0. The van der Waals surface area contributed by atoms with Crippen LogP contribution in [0.1, 0.15) is 19.3 Å². The molecule has 1 heteroatoms. The van der Waals surface area contributed by atoms with E-state index in [1.54, 1.807) is 0 Å². The first-order valence-electron chi connectivity index (χ1n) is 4.70. The van der Waals surface area contributed by atoms with Crippen LogP contribution >= 0.6 is 0 Å². The maximum absolute atomic E-state index is 5.39. The molecule has 0 aromatic carbocycles. The van der Waals surface area contributed by atoms with Crippen molar-refractivity contribution in [1.82, 2.24) is 0 Å². The van der Waals surface area contributed by atoms with Crippen LogP contribution in [0.2, 0.25) is 24.2 Å². The molecule has 0 bridgehead atoms. The largest absolute Gasteiger partial charge is 0.120 e. The molecule has 0 N–H and O–H groups in total. The van der Waals surface area contributed by atoms with Gasteiger partial charge in [0.25, 0.3) is 0 Å². The minimum atomic E-state index is -1.15. The van der Waals surface area contributed by atoms with Gasteiger partial charge in [0.05, 0.1) is 8.07 Å². The molecule has 0 radical (unpaired) electrons. The van der Waals surface area contributed by atoms with E-state index in [2.05, 4.69) is 11.8 Å². The second kappa shape index (κ2) is 4.38. The van der Waals surface area contributed by atoms with Gasteiger partial charge in [0, 0.05) is 12.1 Å². The van der Waals surface area contributed by atoms with Crippen molar-refractivity contribution in [3.63, 3.8) is 0 Å². The lowest BCUT2D eigenvalue weighted by atomic mass is 10.3. The highest BCUT2D eigenvalue weighted by molar-refractivity contribution is 6.81. The molecule has 0 atom stereocenters. The van der Waals surface area contributed by atoms with E-state index in [1.165, 1.54) is 31.4 Å². The Morgan fingerprint density at radius 1 is 0.917 bits per heavy atom. The van der Waals surface area contributed by atoms with Crippen molar-refractivity contribution in [2.45, 2.75) is 43.4 Å². The Hall–Kier alpha value is -0.663. The molecule has 1 fully saturated rings. The third-order valence-electron chi connectivity index (χ3n) is 2.87. The normalized spacial score (nSPS) is 20.8. The molecule has 0 nitrogen and oxygen atoms in total. The molecule has 64 valence electrons. The summed E-state index contributed by atoms with van der Waals surface area (Å²) < 4.78 is 0. The molecule has 1 aliphatic rings. The minimum absolute atomic E-state index is 1.01. The molecule has 0 aromatic rings. The van der Waals surface area contributed by atoms with Gasteiger partial charge in [0.1, 0.15) is 0 Å². The van der Waals surface area contributed by atoms with Gasteiger partial charge in [0.15, 0.2) is 0 Å². The first-order chi connectivity index (χ1) is 5.83. The number of terminal acetylenes is 2. The average Bonchev–Trinajstić information content (AvgIpc) is 2.07. The molecule has 1 rings (SSSR count). The second-order valence-corrected chi connectivity index (χ2v) is 8.53. The van der Waals surface area contributed by atoms with E-state index >= 15 is 0 Å². The Labute approximate surface area is 76.8 Å². The van der Waals surface area contributed by atoms with Gasteiger partial charge in [-0.15, -0.1) is 24.7 Å². The van der Waals surface area contributed by atoms with Crippen molar-refractivity contribution < 1.29 is 0 Å². The molecule has 0 unspecified atom stereocenters. The van der Waals surface area contributed by atoms with E-state index in [4.69, 9.17) is 12.8 Å². The number of hydrogen-bond donors (Lipinski definition) is 0. The number of rotatable bonds is 2. The van der Waals surface area contributed by atoms with Gasteiger partial charge in [-0.25, -0.2) is 0 Å². The summed E-state index contributed by atoms with van der Waals surface area (Å²) in [5, 5.41) is 0. The highest BCUT2D eigenvalue weighted by atomic mass is 28.3. The topological polar surface area (TPSA) is 0 Å². The first kappa shape index (κ1) is 9.43. The maximum atomic E-state index is 5.39. The molecule has 1 heterocycles. The van der Waals surface area contributed by atoms with Gasteiger partial charge in [0.2, 0.25) is 0 Å². The van der Waals surface area contributed by atoms with Gasteiger partial charge < -0.3 is 0 Å². The monoisotopic (exact) mass is 176 g/mol. The fourth-order valence-corrected chi connectivity index (χ4v) is 6.10. The zero-order chi connectivity index (χ0) is 8.86. The summed E-state index contributed by atoms with van der Waals surface area (Å²) in [7, 11) is -1.15. The van der Waals surface area contributed by atoms with E-state index in [-0.39, 0.29) is 0 Å². The van der Waals surface area contributed by atoms with Crippen LogP contribution in [0.4, 0.5) is 0 Å². The van der Waals surface area contributed by atoms with Crippen molar-refractivity contribution >= 4 is 8.07 Å². The van der Waals surface area contributed by atoms with Gasteiger partial charge in [-0.3, -0.25) is 0 Å². The third-order valence-corrected chi connectivity index (χ3v) is 7.61. The highest BCUT2D eigenvalue weighted by Crippen LogP contribution is 2.34. The highest BCUT2D eigenvalue weighted by Gasteiger charge is 2.32. The molecule has 0 aliphatic carbocycles. The van der Waals surface area contributed by atoms with E-state index in [0.717, 1.165) is 12.1 Å². The summed E-state index contributed by atoms with van der Waals surface area (Å²) >= 11 is 0. The van der Waals surface area contributed by atoms with Crippen LogP contribution in [-0.2, 0) is 0 Å². The summed E-state index contributed by atoms with van der Waals surface area (Å²) in [4.78, 5) is 0. The molecule has 0 spiro atoms. The van der Waals surface area contributed by atoms with Gasteiger partial charge in [-0.2, -0.15) is 0 Å². The van der Waals surface area contributed by atoms with Crippen molar-refractivity contribution in [2.24, 2.45) is 0 Å². The van der Waals surface area contributed by atoms with Crippen LogP contribution in [0.3, 0.4) is 0 Å². The predicted octanol–water partition coefficient (Wildman–Crippen LogP) is 2.89. The lowest BCUT2D eigenvalue weighted by Crippen LogP contribution is -2.34. The molecule has 12 heavy (non-hydrogen) atoms. The number of hydrogen-bond acceptors (Lipinski definition) is 0. The summed E-state index contributed by atoms with van der Waals surface area (Å²) in [6.45, 7) is 0. The molecule has 0 amide bonds. The lowest BCUT2D eigenvalue weighted by molar-refractivity contribution is 0.708. The molecule has 0 aromatic heterocycles. The van der Waals surface area contributed by atoms with Gasteiger partial charge in [-0.1, -0.05) is 31.4 Å². The van der Waals surface area contributed by atoms with Crippen molar-refractivity contribution in [1.29, 1.82) is 0 Å². The Balaban J connectivity index is 2.58. The molecule has 0 saturated carbocycles. The van der Waals surface area contributed by atoms with Crippen LogP contribution in [0.15, 0.2) is 0 Å². The summed E-state index contributed by atoms with van der Waals surface area (Å²) in [5.74, 6) is 5.66. The summed E-state index contributed by atoms with van der Waals surface area (Å²) in [6.07, 6.45) is 14.9. The second-order valence-electron chi connectivity index (χ2n) is 3.82. The van der Waals surface area contributed by atoms with Crippen molar-refractivity contribution in [2.75, 3.05) is 0 Å². The lowest BCUT2D eigenvalue weighted by Gasteiger charge is -2.31. The van der Waals surface area contributed by atoms with Crippen molar-refractivity contribution in [3.8, 4) is 24.7 Å². The first-order valence-corrected chi connectivity index (χ1v) is 7.53. The Kier molecular flexibility index (Phi) is 3.44. The van der Waals surface area contributed by atoms with E-state index in [0.29, 0.717) is 0 Å². The fraction of sp³-hybridized carbons (Fsp3) is 0.636. The fourth-order valence-electron chi connectivity index (χ4n) is 2.15. The standard InChI is InChI=1S/C11H16Si/c1-3-8-12(9-4-2)10-6-5-7-11-12/h1-2H,5-11H2. The van der Waals surface area contributed by atoms with Crippen LogP contribution in [0, 0.1) is 24.7 Å². The van der Waals surface area contributed by atoms with Gasteiger partial charge >= 0.3 is 0 Å². The zero-order valence-electron chi connectivity index (χ0n) is 7.60. The quantitative estimate of drug-likeness (QED) is 0.448. The smallest absolute Gasteiger partial charge is 0.0789 e. The molecule has 1 saturated heterocycles. The van der Waals surface area contributed by atoms with E-state index < -0.39 is 8.07 Å². The molecular weight excluding hydrogens is 160 g/mol. The zero-order valence-corrected chi connectivity index (χ0v) is 8.60. The summed E-state index contributed by atoms with van der Waals surface area (Å²) in [6, 6.07) is 4.78. The predicted molar refractivity (Wildman–Crippen MR) is 56.5 cm³/mol. The Bertz CT molecular complexity index is 192. The van der Waals surface area contributed by atoms with Crippen LogP contribution in [-0.4, -0.2) is 8.07 Å². The molecule has 1 aliphatic heterocycles. The van der Waals surface area contributed by atoms with Crippen LogP contribution in [0.5, 0.6) is 0 Å². The molecular formula is C11H16Si.